The Hall–Kier alpha value is -4.17. The van der Waals surface area contributed by atoms with Gasteiger partial charge in [-0.1, -0.05) is 47.7 Å². The minimum Gasteiger partial charge on any atom is -0.497 e. The van der Waals surface area contributed by atoms with E-state index in [0.717, 1.165) is 22.6 Å². The first-order chi connectivity index (χ1) is 18.8. The van der Waals surface area contributed by atoms with Crippen molar-refractivity contribution in [2.24, 2.45) is 4.99 Å². The second kappa shape index (κ2) is 12.1. The van der Waals surface area contributed by atoms with E-state index < -0.39 is 12.0 Å². The number of esters is 1. The van der Waals surface area contributed by atoms with Crippen LogP contribution in [0.2, 0.25) is 0 Å². The van der Waals surface area contributed by atoms with Crippen molar-refractivity contribution < 1.29 is 14.3 Å². The number of para-hydroxylation sites is 1. The van der Waals surface area contributed by atoms with Crippen molar-refractivity contribution in [2.45, 2.75) is 40.7 Å². The highest BCUT2D eigenvalue weighted by molar-refractivity contribution is 7.07. The Morgan fingerprint density at radius 1 is 1.10 bits per heavy atom. The topological polar surface area (TPSA) is 73.1 Å². The number of hydrogen-bond acceptors (Lipinski definition) is 7. The maximum absolute atomic E-state index is 13.8. The van der Waals surface area contributed by atoms with Crippen molar-refractivity contribution >= 4 is 29.1 Å². The van der Waals surface area contributed by atoms with Gasteiger partial charge in [-0.2, -0.15) is 0 Å². The highest BCUT2D eigenvalue weighted by atomic mass is 32.1. The number of anilines is 1. The van der Waals surface area contributed by atoms with Crippen molar-refractivity contribution in [1.82, 2.24) is 4.57 Å². The summed E-state index contributed by atoms with van der Waals surface area (Å²) in [5, 5.41) is 0. The summed E-state index contributed by atoms with van der Waals surface area (Å²) in [7, 11) is 1.60. The molecule has 2 heterocycles. The van der Waals surface area contributed by atoms with Crippen molar-refractivity contribution in [3.63, 3.8) is 0 Å². The summed E-state index contributed by atoms with van der Waals surface area (Å²) in [4.78, 5) is 34.2. The summed E-state index contributed by atoms with van der Waals surface area (Å²) in [6.45, 7) is 9.82. The van der Waals surface area contributed by atoms with E-state index in [1.54, 1.807) is 25.5 Å². The van der Waals surface area contributed by atoms with Crippen LogP contribution in [0.4, 0.5) is 5.69 Å². The van der Waals surface area contributed by atoms with Crippen molar-refractivity contribution in [2.75, 3.05) is 18.6 Å². The Labute approximate surface area is 232 Å². The molecule has 1 aliphatic heterocycles. The van der Waals surface area contributed by atoms with E-state index in [9.17, 15) is 9.59 Å². The molecular weight excluding hydrogens is 510 g/mol. The third kappa shape index (κ3) is 5.66. The van der Waals surface area contributed by atoms with Crippen LogP contribution in [0.25, 0.3) is 6.08 Å². The lowest BCUT2D eigenvalue weighted by atomic mass is 9.96. The van der Waals surface area contributed by atoms with E-state index >= 15 is 0 Å². The molecule has 1 aliphatic rings. The van der Waals surface area contributed by atoms with Crippen LogP contribution in [0.1, 0.15) is 46.2 Å². The highest BCUT2D eigenvalue weighted by Crippen LogP contribution is 2.31. The van der Waals surface area contributed by atoms with Gasteiger partial charge >= 0.3 is 5.97 Å². The number of thiazole rings is 1. The highest BCUT2D eigenvalue weighted by Gasteiger charge is 2.33. The van der Waals surface area contributed by atoms with Crippen LogP contribution in [0.5, 0.6) is 5.75 Å². The van der Waals surface area contributed by atoms with Gasteiger partial charge in [-0.05, 0) is 76.6 Å². The van der Waals surface area contributed by atoms with Gasteiger partial charge in [0.2, 0.25) is 0 Å². The van der Waals surface area contributed by atoms with E-state index in [-0.39, 0.29) is 12.2 Å². The van der Waals surface area contributed by atoms with E-state index in [2.05, 4.69) is 9.89 Å². The third-order valence-electron chi connectivity index (χ3n) is 6.56. The zero-order chi connectivity index (χ0) is 28.1. The molecule has 202 valence electrons. The van der Waals surface area contributed by atoms with Crippen LogP contribution >= 0.6 is 11.3 Å². The fraction of sp³-hybridized carbons (Fsp3) is 0.258. The summed E-state index contributed by atoms with van der Waals surface area (Å²) in [5.41, 5.74) is 4.50. The van der Waals surface area contributed by atoms with Gasteiger partial charge in [-0.25, -0.2) is 9.79 Å². The molecule has 0 amide bonds. The van der Waals surface area contributed by atoms with Crippen LogP contribution in [0, 0.1) is 0 Å². The second-order valence-corrected chi connectivity index (χ2v) is 10.0. The molecule has 0 fully saturated rings. The fourth-order valence-electron chi connectivity index (χ4n) is 4.57. The molecule has 1 aromatic heterocycles. The Morgan fingerprint density at radius 3 is 2.41 bits per heavy atom. The standard InChI is InChI=1S/C31H33N3O4S/c1-7-20(3)33(24-12-10-9-11-13-24)21(4)14-19-26-29(35)34-28(23-15-17-25(37-6)18-16-23)27(30(36)38-8-2)22(5)32-31(34)39-26/h7,9-19,28H,8H2,1-6H3/b20-7-,21-14+,26-19-. The first-order valence-electron chi connectivity index (χ1n) is 12.8. The molecule has 0 N–H and O–H groups in total. The zero-order valence-electron chi connectivity index (χ0n) is 23.1. The molecule has 0 saturated heterocycles. The van der Waals surface area contributed by atoms with Crippen molar-refractivity contribution in [3.05, 3.63) is 115 Å². The predicted molar refractivity (Wildman–Crippen MR) is 156 cm³/mol. The molecule has 0 spiro atoms. The largest absolute Gasteiger partial charge is 0.497 e. The second-order valence-electron chi connectivity index (χ2n) is 9.01. The van der Waals surface area contributed by atoms with Crippen LogP contribution < -0.4 is 24.5 Å². The first-order valence-corrected chi connectivity index (χ1v) is 13.6. The Balaban J connectivity index is 1.86. The van der Waals surface area contributed by atoms with E-state index in [1.807, 2.05) is 93.6 Å². The maximum atomic E-state index is 13.8. The van der Waals surface area contributed by atoms with Gasteiger partial charge in [0.15, 0.2) is 4.80 Å². The molecule has 0 aliphatic carbocycles. The number of hydrogen-bond donors (Lipinski definition) is 0. The summed E-state index contributed by atoms with van der Waals surface area (Å²) < 4.78 is 12.8. The number of rotatable bonds is 8. The molecule has 1 unspecified atom stereocenters. The molecule has 3 aromatic rings. The number of nitrogens with zero attached hydrogens (tertiary/aromatic N) is 3. The number of fused-ring (bicyclic) bond motifs is 1. The minimum absolute atomic E-state index is 0.216. The van der Waals surface area contributed by atoms with E-state index in [0.29, 0.717) is 26.4 Å². The molecule has 0 radical (unpaired) electrons. The molecule has 7 nitrogen and oxygen atoms in total. The average Bonchev–Trinajstić information content (AvgIpc) is 3.26. The van der Waals surface area contributed by atoms with Gasteiger partial charge < -0.3 is 14.4 Å². The molecule has 4 rings (SSSR count). The molecule has 0 saturated carbocycles. The van der Waals surface area contributed by atoms with Crippen LogP contribution in [0.15, 0.2) is 99.2 Å². The first kappa shape index (κ1) is 27.9. The van der Waals surface area contributed by atoms with Crippen molar-refractivity contribution in [3.8, 4) is 5.75 Å². The Morgan fingerprint density at radius 2 is 1.79 bits per heavy atom. The Bertz CT molecular complexity index is 1630. The van der Waals surface area contributed by atoms with E-state index in [1.165, 1.54) is 11.3 Å². The average molecular weight is 544 g/mol. The number of methoxy groups -OCH3 is 1. The number of aromatic nitrogens is 1. The van der Waals surface area contributed by atoms with Gasteiger partial charge in [0, 0.05) is 17.1 Å². The normalized spacial score (nSPS) is 16.1. The fourth-order valence-corrected chi connectivity index (χ4v) is 5.56. The number of ether oxygens (including phenoxy) is 2. The smallest absolute Gasteiger partial charge is 0.338 e. The summed E-state index contributed by atoms with van der Waals surface area (Å²) in [6.07, 6.45) is 5.81. The monoisotopic (exact) mass is 543 g/mol. The molecule has 1 atom stereocenters. The molecule has 2 aromatic carbocycles. The van der Waals surface area contributed by atoms with Gasteiger partial charge in [0.25, 0.3) is 5.56 Å². The SMILES string of the molecule is C/C=C(/C)N(/C(C)=C/C=c1\sc2n(c1=O)C(c1ccc(OC)cc1)C(C(=O)OCC)=C(C)N=2)c1ccccc1. The number of carbonyl (C=O) groups is 1. The minimum atomic E-state index is -0.662. The number of carbonyl (C=O) groups excluding carboxylic acids is 1. The maximum Gasteiger partial charge on any atom is 0.338 e. The van der Waals surface area contributed by atoms with Gasteiger partial charge in [-0.3, -0.25) is 9.36 Å². The number of allylic oxidation sites excluding steroid dienone is 5. The lowest BCUT2D eigenvalue weighted by Crippen LogP contribution is -2.39. The third-order valence-corrected chi connectivity index (χ3v) is 7.56. The van der Waals surface area contributed by atoms with Crippen LogP contribution in [-0.2, 0) is 9.53 Å². The lowest BCUT2D eigenvalue weighted by molar-refractivity contribution is -0.139. The van der Waals surface area contributed by atoms with Gasteiger partial charge in [0.1, 0.15) is 5.75 Å². The van der Waals surface area contributed by atoms with Crippen LogP contribution in [-0.4, -0.2) is 24.3 Å². The summed E-state index contributed by atoms with van der Waals surface area (Å²) in [5.74, 6) is 0.203. The Kier molecular flexibility index (Phi) is 8.66. The van der Waals surface area contributed by atoms with Gasteiger partial charge in [0.05, 0.1) is 35.6 Å². The predicted octanol–water partition coefficient (Wildman–Crippen LogP) is 5.09. The summed E-state index contributed by atoms with van der Waals surface area (Å²) in [6, 6.07) is 16.8. The van der Waals surface area contributed by atoms with Crippen molar-refractivity contribution in [1.29, 1.82) is 0 Å². The molecular formula is C31H33N3O4S. The molecule has 8 heteroatoms. The lowest BCUT2D eigenvalue weighted by Gasteiger charge is -2.26. The number of benzene rings is 2. The summed E-state index contributed by atoms with van der Waals surface area (Å²) >= 11 is 1.30. The van der Waals surface area contributed by atoms with Gasteiger partial charge in [-0.15, -0.1) is 0 Å². The molecule has 39 heavy (non-hydrogen) atoms. The van der Waals surface area contributed by atoms with E-state index in [4.69, 9.17) is 9.47 Å². The van der Waals surface area contributed by atoms with Crippen LogP contribution in [0.3, 0.4) is 0 Å². The zero-order valence-corrected chi connectivity index (χ0v) is 23.9. The quantitative estimate of drug-likeness (QED) is 0.370. The molecule has 0 bridgehead atoms.